The van der Waals surface area contributed by atoms with E-state index in [9.17, 15) is 4.39 Å². The van der Waals surface area contributed by atoms with Gasteiger partial charge in [-0.25, -0.2) is 4.39 Å². The van der Waals surface area contributed by atoms with Crippen molar-refractivity contribution in [2.24, 2.45) is 0 Å². The summed E-state index contributed by atoms with van der Waals surface area (Å²) in [5.74, 6) is 0.589. The predicted molar refractivity (Wildman–Crippen MR) is 55.9 cm³/mol. The summed E-state index contributed by atoms with van der Waals surface area (Å²) >= 11 is 1.55. The van der Waals surface area contributed by atoms with Crippen LogP contribution >= 0.6 is 11.9 Å². The summed E-state index contributed by atoms with van der Waals surface area (Å²) in [6, 6.07) is 4.87. The lowest BCUT2D eigenvalue weighted by atomic mass is 10.0. The molecule has 1 heterocycles. The Morgan fingerprint density at radius 2 is 2.43 bits per heavy atom. The van der Waals surface area contributed by atoms with E-state index in [1.165, 1.54) is 6.07 Å². The minimum absolute atomic E-state index is 0.199. The minimum atomic E-state index is -0.206. The van der Waals surface area contributed by atoms with Crippen molar-refractivity contribution in [3.8, 4) is 5.75 Å². The largest absolute Gasteiger partial charge is 0.493 e. The Morgan fingerprint density at radius 1 is 1.57 bits per heavy atom. The van der Waals surface area contributed by atoms with Crippen LogP contribution in [0.3, 0.4) is 0 Å². The van der Waals surface area contributed by atoms with Gasteiger partial charge in [0, 0.05) is 18.0 Å². The number of hydrogen-bond donors (Lipinski definition) is 1. The van der Waals surface area contributed by atoms with Crippen LogP contribution in [0.15, 0.2) is 18.2 Å². The summed E-state index contributed by atoms with van der Waals surface area (Å²) in [7, 11) is 0. The molecule has 1 aromatic rings. The maximum atomic E-state index is 13.0. The fraction of sp³-hybridized carbons (Fsp3) is 0.400. The molecule has 0 bridgehead atoms. The fourth-order valence-corrected chi connectivity index (χ4v) is 2.16. The SMILES string of the molecule is CSN[C@@H]1CCOc2ccc(F)cc21. The second kappa shape index (κ2) is 4.19. The molecule has 0 saturated carbocycles. The molecule has 2 rings (SSSR count). The van der Waals surface area contributed by atoms with Crippen molar-refractivity contribution in [3.63, 3.8) is 0 Å². The third-order valence-corrected chi connectivity index (χ3v) is 2.79. The molecular formula is C10H12FNOS. The van der Waals surface area contributed by atoms with E-state index in [4.69, 9.17) is 4.74 Å². The fourth-order valence-electron chi connectivity index (χ4n) is 1.63. The first kappa shape index (κ1) is 9.80. The zero-order valence-electron chi connectivity index (χ0n) is 7.92. The molecule has 2 nitrogen and oxygen atoms in total. The van der Waals surface area contributed by atoms with E-state index >= 15 is 0 Å². The lowest BCUT2D eigenvalue weighted by Crippen LogP contribution is -2.22. The molecule has 0 unspecified atom stereocenters. The number of nitrogens with one attached hydrogen (secondary N) is 1. The second-order valence-electron chi connectivity index (χ2n) is 3.19. The first-order valence-corrected chi connectivity index (χ1v) is 5.74. The molecule has 1 aromatic carbocycles. The van der Waals surface area contributed by atoms with Gasteiger partial charge in [0.15, 0.2) is 0 Å². The van der Waals surface area contributed by atoms with E-state index in [-0.39, 0.29) is 11.9 Å². The number of fused-ring (bicyclic) bond motifs is 1. The van der Waals surface area contributed by atoms with E-state index in [1.807, 2.05) is 6.26 Å². The zero-order valence-corrected chi connectivity index (χ0v) is 8.73. The number of ether oxygens (including phenoxy) is 1. The number of hydrogen-bond acceptors (Lipinski definition) is 3. The maximum Gasteiger partial charge on any atom is 0.124 e. The Kier molecular flexibility index (Phi) is 2.93. The van der Waals surface area contributed by atoms with Gasteiger partial charge in [-0.2, -0.15) is 0 Å². The van der Waals surface area contributed by atoms with Gasteiger partial charge < -0.3 is 4.74 Å². The van der Waals surface area contributed by atoms with Crippen LogP contribution in [0.25, 0.3) is 0 Å². The van der Waals surface area contributed by atoms with Crippen molar-refractivity contribution in [1.82, 2.24) is 4.72 Å². The predicted octanol–water partition coefficient (Wildman–Crippen LogP) is 2.52. The van der Waals surface area contributed by atoms with Crippen molar-refractivity contribution in [1.29, 1.82) is 0 Å². The van der Waals surface area contributed by atoms with Gasteiger partial charge in [0.2, 0.25) is 0 Å². The zero-order chi connectivity index (χ0) is 9.97. The molecule has 76 valence electrons. The first-order valence-electron chi connectivity index (χ1n) is 4.52. The van der Waals surface area contributed by atoms with Crippen molar-refractivity contribution in [3.05, 3.63) is 29.6 Å². The minimum Gasteiger partial charge on any atom is -0.493 e. The highest BCUT2D eigenvalue weighted by Crippen LogP contribution is 2.33. The molecule has 14 heavy (non-hydrogen) atoms. The Morgan fingerprint density at radius 3 is 3.21 bits per heavy atom. The van der Waals surface area contributed by atoms with Crippen molar-refractivity contribution in [2.75, 3.05) is 12.9 Å². The van der Waals surface area contributed by atoms with Crippen LogP contribution in [0.4, 0.5) is 4.39 Å². The monoisotopic (exact) mass is 213 g/mol. The van der Waals surface area contributed by atoms with Crippen molar-refractivity contribution in [2.45, 2.75) is 12.5 Å². The lowest BCUT2D eigenvalue weighted by Gasteiger charge is -2.25. The number of halogens is 1. The Bertz CT molecular complexity index is 332. The average Bonchev–Trinajstić information content (AvgIpc) is 2.19. The van der Waals surface area contributed by atoms with E-state index in [0.29, 0.717) is 6.61 Å². The number of rotatable bonds is 2. The van der Waals surface area contributed by atoms with Gasteiger partial charge in [0.05, 0.1) is 6.61 Å². The van der Waals surface area contributed by atoms with Gasteiger partial charge in [0.1, 0.15) is 11.6 Å². The number of benzene rings is 1. The van der Waals surface area contributed by atoms with Gasteiger partial charge in [-0.15, -0.1) is 0 Å². The molecule has 4 heteroatoms. The van der Waals surface area contributed by atoms with E-state index in [0.717, 1.165) is 17.7 Å². The highest BCUT2D eigenvalue weighted by Gasteiger charge is 2.21. The van der Waals surface area contributed by atoms with Crippen molar-refractivity contribution >= 4 is 11.9 Å². The molecule has 0 saturated heterocycles. The van der Waals surface area contributed by atoms with Gasteiger partial charge in [-0.05, 0) is 24.5 Å². The Balaban J connectivity index is 2.32. The van der Waals surface area contributed by atoms with Gasteiger partial charge in [-0.1, -0.05) is 11.9 Å². The molecule has 0 aliphatic carbocycles. The summed E-state index contributed by atoms with van der Waals surface area (Å²) in [4.78, 5) is 0. The molecule has 0 amide bonds. The quantitative estimate of drug-likeness (QED) is 0.763. The summed E-state index contributed by atoms with van der Waals surface area (Å²) in [6.45, 7) is 0.691. The van der Waals surface area contributed by atoms with Crippen LogP contribution in [0, 0.1) is 5.82 Å². The molecule has 0 spiro atoms. The van der Waals surface area contributed by atoms with Gasteiger partial charge in [0.25, 0.3) is 0 Å². The molecule has 1 N–H and O–H groups in total. The van der Waals surface area contributed by atoms with E-state index in [1.54, 1.807) is 24.1 Å². The van der Waals surface area contributed by atoms with Crippen LogP contribution in [0.2, 0.25) is 0 Å². The van der Waals surface area contributed by atoms with Crippen LogP contribution < -0.4 is 9.46 Å². The lowest BCUT2D eigenvalue weighted by molar-refractivity contribution is 0.264. The highest BCUT2D eigenvalue weighted by atomic mass is 32.2. The molecule has 1 aliphatic rings. The van der Waals surface area contributed by atoms with E-state index in [2.05, 4.69) is 4.72 Å². The molecule has 1 aliphatic heterocycles. The third-order valence-electron chi connectivity index (χ3n) is 2.27. The van der Waals surface area contributed by atoms with Crippen LogP contribution in [-0.2, 0) is 0 Å². The smallest absolute Gasteiger partial charge is 0.124 e. The van der Waals surface area contributed by atoms with Gasteiger partial charge in [-0.3, -0.25) is 4.72 Å². The third kappa shape index (κ3) is 1.86. The van der Waals surface area contributed by atoms with Crippen LogP contribution in [-0.4, -0.2) is 12.9 Å². The first-order chi connectivity index (χ1) is 6.81. The average molecular weight is 213 g/mol. The van der Waals surface area contributed by atoms with Crippen LogP contribution in [0.1, 0.15) is 18.0 Å². The molecule has 0 fully saturated rings. The molecule has 0 aromatic heterocycles. The summed E-state index contributed by atoms with van der Waals surface area (Å²) in [5.41, 5.74) is 0.922. The Labute approximate surface area is 87.0 Å². The summed E-state index contributed by atoms with van der Waals surface area (Å²) in [6.07, 6.45) is 2.85. The maximum absolute atomic E-state index is 13.0. The van der Waals surface area contributed by atoms with Gasteiger partial charge >= 0.3 is 0 Å². The molecule has 1 atom stereocenters. The second-order valence-corrected chi connectivity index (χ2v) is 3.84. The van der Waals surface area contributed by atoms with E-state index < -0.39 is 0 Å². The Hall–Kier alpha value is -0.740. The topological polar surface area (TPSA) is 21.3 Å². The van der Waals surface area contributed by atoms with Crippen LogP contribution in [0.5, 0.6) is 5.75 Å². The van der Waals surface area contributed by atoms with Crippen molar-refractivity contribution < 1.29 is 9.13 Å². The standard InChI is InChI=1S/C10H12FNOS/c1-14-12-9-4-5-13-10-3-2-7(11)6-8(9)10/h2-3,6,9,12H,4-5H2,1H3/t9-/m1/s1. The normalized spacial score (nSPS) is 20.0. The summed E-state index contributed by atoms with van der Waals surface area (Å²) in [5, 5.41) is 0. The highest BCUT2D eigenvalue weighted by molar-refractivity contribution is 7.96. The molecule has 0 radical (unpaired) electrons. The molecular weight excluding hydrogens is 201 g/mol. The summed E-state index contributed by atoms with van der Waals surface area (Å²) < 4.78 is 21.7.